The van der Waals surface area contributed by atoms with E-state index in [4.69, 9.17) is 11.6 Å². The van der Waals surface area contributed by atoms with Gasteiger partial charge in [-0.1, -0.05) is 23.7 Å². The van der Waals surface area contributed by atoms with Gasteiger partial charge in [0.15, 0.2) is 0 Å². The van der Waals surface area contributed by atoms with Crippen molar-refractivity contribution >= 4 is 29.1 Å². The maximum Gasteiger partial charge on any atom is 0.251 e. The Labute approximate surface area is 127 Å². The third-order valence-corrected chi connectivity index (χ3v) is 2.92. The fourth-order valence-corrected chi connectivity index (χ4v) is 1.91. The van der Waals surface area contributed by atoms with Gasteiger partial charge in [0, 0.05) is 30.9 Å². The molecule has 1 aromatic heterocycles. The normalized spacial score (nSPS) is 10.0. The minimum absolute atomic E-state index is 0.120. The van der Waals surface area contributed by atoms with Gasteiger partial charge in [0.05, 0.1) is 0 Å². The molecular formula is C15H14ClN3O2. The van der Waals surface area contributed by atoms with E-state index in [1.54, 1.807) is 18.2 Å². The third kappa shape index (κ3) is 4.57. The second kappa shape index (κ2) is 6.85. The molecule has 108 valence electrons. The van der Waals surface area contributed by atoms with E-state index in [1.165, 1.54) is 19.2 Å². The summed E-state index contributed by atoms with van der Waals surface area (Å²) in [6, 6.07) is 10.4. The SMILES string of the molecule is CC(=O)Nc1ccc(CNC(=O)c2ccnc(Cl)c2)cc1. The maximum atomic E-state index is 11.9. The zero-order chi connectivity index (χ0) is 15.2. The highest BCUT2D eigenvalue weighted by atomic mass is 35.5. The molecule has 2 rings (SSSR count). The molecule has 0 atom stereocenters. The lowest BCUT2D eigenvalue weighted by atomic mass is 10.2. The number of nitrogens with one attached hydrogen (secondary N) is 2. The van der Waals surface area contributed by atoms with E-state index in [1.807, 2.05) is 12.1 Å². The third-order valence-electron chi connectivity index (χ3n) is 2.72. The Bertz CT molecular complexity index is 656. The average molecular weight is 304 g/mol. The lowest BCUT2D eigenvalue weighted by Crippen LogP contribution is -2.22. The summed E-state index contributed by atoms with van der Waals surface area (Å²) in [7, 11) is 0. The van der Waals surface area contributed by atoms with Gasteiger partial charge in [0.25, 0.3) is 5.91 Å². The molecule has 6 heteroatoms. The molecular weight excluding hydrogens is 290 g/mol. The van der Waals surface area contributed by atoms with Crippen LogP contribution in [0.25, 0.3) is 0 Å². The number of aromatic nitrogens is 1. The summed E-state index contributed by atoms with van der Waals surface area (Å²) in [5.74, 6) is -0.337. The summed E-state index contributed by atoms with van der Waals surface area (Å²) >= 11 is 5.74. The predicted molar refractivity (Wildman–Crippen MR) is 81.2 cm³/mol. The van der Waals surface area contributed by atoms with E-state index >= 15 is 0 Å². The van der Waals surface area contributed by atoms with Gasteiger partial charge >= 0.3 is 0 Å². The van der Waals surface area contributed by atoms with Crippen LogP contribution >= 0.6 is 11.6 Å². The zero-order valence-corrected chi connectivity index (χ0v) is 12.1. The summed E-state index contributed by atoms with van der Waals surface area (Å²) in [6.45, 7) is 1.84. The van der Waals surface area contributed by atoms with Gasteiger partial charge in [-0.2, -0.15) is 0 Å². The fraction of sp³-hybridized carbons (Fsp3) is 0.133. The molecule has 0 saturated heterocycles. The van der Waals surface area contributed by atoms with Crippen molar-refractivity contribution in [3.63, 3.8) is 0 Å². The largest absolute Gasteiger partial charge is 0.348 e. The number of benzene rings is 1. The van der Waals surface area contributed by atoms with Crippen molar-refractivity contribution in [2.45, 2.75) is 13.5 Å². The smallest absolute Gasteiger partial charge is 0.251 e. The fourth-order valence-electron chi connectivity index (χ4n) is 1.74. The van der Waals surface area contributed by atoms with Gasteiger partial charge in [-0.05, 0) is 29.8 Å². The number of anilines is 1. The Balaban J connectivity index is 1.93. The summed E-state index contributed by atoms with van der Waals surface area (Å²) in [6.07, 6.45) is 1.49. The van der Waals surface area contributed by atoms with Gasteiger partial charge in [-0.25, -0.2) is 4.98 Å². The van der Waals surface area contributed by atoms with E-state index in [0.717, 1.165) is 11.3 Å². The second-order valence-electron chi connectivity index (χ2n) is 4.43. The van der Waals surface area contributed by atoms with Crippen LogP contribution in [0.1, 0.15) is 22.8 Å². The topological polar surface area (TPSA) is 71.1 Å². The molecule has 1 aromatic carbocycles. The molecule has 0 aliphatic carbocycles. The first-order valence-corrected chi connectivity index (χ1v) is 6.68. The lowest BCUT2D eigenvalue weighted by molar-refractivity contribution is -0.114. The minimum Gasteiger partial charge on any atom is -0.348 e. The Morgan fingerprint density at radius 2 is 1.90 bits per heavy atom. The molecule has 1 heterocycles. The van der Waals surface area contributed by atoms with Crippen LogP contribution in [-0.4, -0.2) is 16.8 Å². The van der Waals surface area contributed by atoms with Crippen LogP contribution in [0.4, 0.5) is 5.69 Å². The molecule has 0 bridgehead atoms. The van der Waals surface area contributed by atoms with Crippen molar-refractivity contribution in [1.82, 2.24) is 10.3 Å². The van der Waals surface area contributed by atoms with Crippen LogP contribution in [0.5, 0.6) is 0 Å². The first kappa shape index (κ1) is 15.0. The summed E-state index contributed by atoms with van der Waals surface area (Å²) in [5.41, 5.74) is 2.11. The van der Waals surface area contributed by atoms with Crippen LogP contribution < -0.4 is 10.6 Å². The molecule has 0 saturated carbocycles. The molecule has 0 aliphatic heterocycles. The van der Waals surface area contributed by atoms with Gasteiger partial charge < -0.3 is 10.6 Å². The van der Waals surface area contributed by atoms with Gasteiger partial charge in [-0.3, -0.25) is 9.59 Å². The Hall–Kier alpha value is -2.40. The molecule has 0 fully saturated rings. The molecule has 0 radical (unpaired) electrons. The van der Waals surface area contributed by atoms with E-state index < -0.39 is 0 Å². The second-order valence-corrected chi connectivity index (χ2v) is 4.82. The molecule has 0 unspecified atom stereocenters. The predicted octanol–water partition coefficient (Wildman–Crippen LogP) is 2.62. The highest BCUT2D eigenvalue weighted by Gasteiger charge is 2.06. The van der Waals surface area contributed by atoms with E-state index in [0.29, 0.717) is 12.1 Å². The number of amides is 2. The van der Waals surface area contributed by atoms with Crippen molar-refractivity contribution in [2.24, 2.45) is 0 Å². The highest BCUT2D eigenvalue weighted by molar-refractivity contribution is 6.29. The van der Waals surface area contributed by atoms with Crippen molar-refractivity contribution in [2.75, 3.05) is 5.32 Å². The van der Waals surface area contributed by atoms with E-state index in [9.17, 15) is 9.59 Å². The number of hydrogen-bond donors (Lipinski definition) is 2. The van der Waals surface area contributed by atoms with Crippen molar-refractivity contribution in [3.05, 3.63) is 58.9 Å². The van der Waals surface area contributed by atoms with Crippen LogP contribution in [0.2, 0.25) is 5.15 Å². The standard InChI is InChI=1S/C15H14ClN3O2/c1-10(20)19-13-4-2-11(3-5-13)9-18-15(21)12-6-7-17-14(16)8-12/h2-8H,9H2,1H3,(H,18,21)(H,19,20). The minimum atomic E-state index is -0.217. The molecule has 5 nitrogen and oxygen atoms in total. The van der Waals surface area contributed by atoms with E-state index in [-0.39, 0.29) is 17.0 Å². The quantitative estimate of drug-likeness (QED) is 0.853. The number of carbonyl (C=O) groups is 2. The summed E-state index contributed by atoms with van der Waals surface area (Å²) in [4.78, 5) is 26.7. The highest BCUT2D eigenvalue weighted by Crippen LogP contribution is 2.10. The molecule has 2 aromatic rings. The number of pyridine rings is 1. The number of nitrogens with zero attached hydrogens (tertiary/aromatic N) is 1. The van der Waals surface area contributed by atoms with Gasteiger partial charge in [-0.15, -0.1) is 0 Å². The summed E-state index contributed by atoms with van der Waals surface area (Å²) in [5, 5.41) is 5.75. The van der Waals surface area contributed by atoms with Crippen LogP contribution in [0.15, 0.2) is 42.6 Å². The molecule has 2 N–H and O–H groups in total. The van der Waals surface area contributed by atoms with Gasteiger partial charge in [0.2, 0.25) is 5.91 Å². The van der Waals surface area contributed by atoms with Crippen LogP contribution in [0, 0.1) is 0 Å². The van der Waals surface area contributed by atoms with Crippen LogP contribution in [0.3, 0.4) is 0 Å². The maximum absolute atomic E-state index is 11.9. The molecule has 21 heavy (non-hydrogen) atoms. The monoisotopic (exact) mass is 303 g/mol. The number of halogens is 1. The average Bonchev–Trinajstić information content (AvgIpc) is 2.45. The molecule has 0 aliphatic rings. The molecule has 2 amide bonds. The lowest BCUT2D eigenvalue weighted by Gasteiger charge is -2.07. The van der Waals surface area contributed by atoms with Crippen molar-refractivity contribution in [1.29, 1.82) is 0 Å². The van der Waals surface area contributed by atoms with Crippen molar-refractivity contribution in [3.8, 4) is 0 Å². The number of hydrogen-bond acceptors (Lipinski definition) is 3. The number of rotatable bonds is 4. The summed E-state index contributed by atoms with van der Waals surface area (Å²) < 4.78 is 0. The molecule has 0 spiro atoms. The Kier molecular flexibility index (Phi) is 4.90. The zero-order valence-electron chi connectivity index (χ0n) is 11.4. The van der Waals surface area contributed by atoms with Gasteiger partial charge in [0.1, 0.15) is 5.15 Å². The Morgan fingerprint density at radius 3 is 2.52 bits per heavy atom. The van der Waals surface area contributed by atoms with E-state index in [2.05, 4.69) is 15.6 Å². The Morgan fingerprint density at radius 1 is 1.19 bits per heavy atom. The number of carbonyl (C=O) groups excluding carboxylic acids is 2. The van der Waals surface area contributed by atoms with Crippen molar-refractivity contribution < 1.29 is 9.59 Å². The first-order chi connectivity index (χ1) is 10.0. The first-order valence-electron chi connectivity index (χ1n) is 6.31. The van der Waals surface area contributed by atoms with Crippen LogP contribution in [-0.2, 0) is 11.3 Å².